The maximum absolute atomic E-state index is 13.7. The van der Waals surface area contributed by atoms with Crippen LogP contribution in [0.15, 0.2) is 35.7 Å². The first-order valence-corrected chi connectivity index (χ1v) is 11.6. The summed E-state index contributed by atoms with van der Waals surface area (Å²) in [5.41, 5.74) is 0.762. The van der Waals surface area contributed by atoms with E-state index in [-0.39, 0.29) is 16.7 Å². The Morgan fingerprint density at radius 3 is 2.90 bits per heavy atom. The van der Waals surface area contributed by atoms with Gasteiger partial charge in [-0.15, -0.1) is 23.1 Å². The Morgan fingerprint density at radius 1 is 1.28 bits per heavy atom. The molecule has 152 valence electrons. The summed E-state index contributed by atoms with van der Waals surface area (Å²) in [5.74, 6) is 2.02. The minimum Gasteiger partial charge on any atom is -0.486 e. The Labute approximate surface area is 177 Å². The monoisotopic (exact) mass is 430 g/mol. The van der Waals surface area contributed by atoms with Crippen LogP contribution in [0.3, 0.4) is 0 Å². The molecule has 29 heavy (non-hydrogen) atoms. The van der Waals surface area contributed by atoms with Gasteiger partial charge < -0.3 is 19.3 Å². The zero-order chi connectivity index (χ0) is 20.0. The third kappa shape index (κ3) is 3.28. The van der Waals surface area contributed by atoms with E-state index in [9.17, 15) is 9.59 Å². The lowest BCUT2D eigenvalue weighted by molar-refractivity contribution is -0.136. The van der Waals surface area contributed by atoms with Crippen molar-refractivity contribution in [3.63, 3.8) is 0 Å². The van der Waals surface area contributed by atoms with Gasteiger partial charge in [0, 0.05) is 28.8 Å². The smallest absolute Gasteiger partial charge is 0.251 e. The van der Waals surface area contributed by atoms with Crippen LogP contribution in [0.5, 0.6) is 11.5 Å². The topological polar surface area (TPSA) is 59.1 Å². The number of ether oxygens (including phenoxy) is 2. The molecule has 0 aliphatic carbocycles. The molecule has 5 rings (SSSR count). The third-order valence-electron chi connectivity index (χ3n) is 5.73. The minimum atomic E-state index is -0.437. The highest BCUT2D eigenvalue weighted by molar-refractivity contribution is 8.01. The van der Waals surface area contributed by atoms with Gasteiger partial charge in [0.2, 0.25) is 5.91 Å². The molecule has 3 aliphatic rings. The van der Waals surface area contributed by atoms with E-state index in [0.29, 0.717) is 43.4 Å². The van der Waals surface area contributed by atoms with Gasteiger partial charge in [-0.05, 0) is 36.9 Å². The molecule has 0 N–H and O–H groups in total. The fraction of sp³-hybridized carbons (Fsp3) is 0.429. The quantitative estimate of drug-likeness (QED) is 0.743. The maximum Gasteiger partial charge on any atom is 0.251 e. The number of rotatable bonds is 4. The van der Waals surface area contributed by atoms with E-state index in [4.69, 9.17) is 9.47 Å². The van der Waals surface area contributed by atoms with Crippen LogP contribution < -0.4 is 14.4 Å². The fourth-order valence-corrected chi connectivity index (χ4v) is 6.35. The van der Waals surface area contributed by atoms with E-state index in [1.807, 2.05) is 40.6 Å². The molecular formula is C21H22N2O4S2. The van der Waals surface area contributed by atoms with Crippen molar-refractivity contribution in [3.05, 3.63) is 40.6 Å². The summed E-state index contributed by atoms with van der Waals surface area (Å²) < 4.78 is 11.4. The summed E-state index contributed by atoms with van der Waals surface area (Å²) in [4.78, 5) is 30.7. The van der Waals surface area contributed by atoms with E-state index < -0.39 is 6.04 Å². The van der Waals surface area contributed by atoms with Gasteiger partial charge in [-0.2, -0.15) is 0 Å². The Bertz CT molecular complexity index is 948. The highest BCUT2D eigenvalue weighted by Crippen LogP contribution is 2.48. The minimum absolute atomic E-state index is 0.0402. The van der Waals surface area contributed by atoms with Crippen molar-refractivity contribution in [2.75, 3.05) is 23.9 Å². The van der Waals surface area contributed by atoms with Gasteiger partial charge in [-0.1, -0.05) is 6.07 Å². The van der Waals surface area contributed by atoms with Crippen molar-refractivity contribution < 1.29 is 19.1 Å². The van der Waals surface area contributed by atoms with E-state index in [2.05, 4.69) is 6.92 Å². The number of amides is 2. The molecule has 1 aromatic carbocycles. The molecule has 4 heterocycles. The summed E-state index contributed by atoms with van der Waals surface area (Å²) in [7, 11) is 0. The van der Waals surface area contributed by atoms with Crippen molar-refractivity contribution in [2.24, 2.45) is 0 Å². The van der Waals surface area contributed by atoms with Gasteiger partial charge in [0.25, 0.3) is 5.91 Å². The van der Waals surface area contributed by atoms with Crippen LogP contribution >= 0.6 is 23.1 Å². The normalized spacial score (nSPS) is 25.2. The van der Waals surface area contributed by atoms with E-state index in [1.165, 1.54) is 0 Å². The highest BCUT2D eigenvalue weighted by atomic mass is 32.2. The first-order valence-electron chi connectivity index (χ1n) is 9.75. The van der Waals surface area contributed by atoms with E-state index in [1.54, 1.807) is 28.0 Å². The molecule has 2 unspecified atom stereocenters. The van der Waals surface area contributed by atoms with Crippen LogP contribution in [0.25, 0.3) is 0 Å². The Morgan fingerprint density at radius 2 is 2.10 bits per heavy atom. The summed E-state index contributed by atoms with van der Waals surface area (Å²) in [6, 6.07) is 9.19. The summed E-state index contributed by atoms with van der Waals surface area (Å²) >= 11 is 3.33. The fourth-order valence-electron chi connectivity index (χ4n) is 4.24. The average Bonchev–Trinajstić information content (AvgIpc) is 3.43. The third-order valence-corrected chi connectivity index (χ3v) is 8.09. The number of carbonyl (C=O) groups excluding carboxylic acids is 2. The van der Waals surface area contributed by atoms with Crippen LogP contribution in [0.2, 0.25) is 0 Å². The Balaban J connectivity index is 1.49. The molecule has 2 aromatic rings. The largest absolute Gasteiger partial charge is 0.486 e. The molecule has 0 spiro atoms. The van der Waals surface area contributed by atoms with E-state index >= 15 is 0 Å². The molecular weight excluding hydrogens is 408 g/mol. The number of hydrogen-bond donors (Lipinski definition) is 0. The molecule has 3 aliphatic heterocycles. The standard InChI is InChI=1S/C21H22N2O4S2/c1-21-7-6-19(24)23(21)16(13-29-21)20(25)22(12-15-3-2-10-28-15)14-4-5-17-18(11-14)27-9-8-26-17/h2-5,10-11,16H,6-9,12-13H2,1H3. The second-order valence-electron chi connectivity index (χ2n) is 7.60. The van der Waals surface area contributed by atoms with Gasteiger partial charge in [0.1, 0.15) is 19.3 Å². The molecule has 2 fully saturated rings. The molecule has 1 aromatic heterocycles. The van der Waals surface area contributed by atoms with Crippen molar-refractivity contribution in [1.29, 1.82) is 0 Å². The highest BCUT2D eigenvalue weighted by Gasteiger charge is 2.53. The Kier molecular flexibility index (Phi) is 4.70. The van der Waals surface area contributed by atoms with Gasteiger partial charge >= 0.3 is 0 Å². The number of thioether (sulfide) groups is 1. The molecule has 0 saturated carbocycles. The zero-order valence-electron chi connectivity index (χ0n) is 16.1. The summed E-state index contributed by atoms with van der Waals surface area (Å²) in [6.07, 6.45) is 1.32. The molecule has 2 amide bonds. The van der Waals surface area contributed by atoms with Crippen LogP contribution in [-0.2, 0) is 16.1 Å². The Hall–Kier alpha value is -2.19. The molecule has 2 atom stereocenters. The van der Waals surface area contributed by atoms with Crippen LogP contribution in [0.4, 0.5) is 5.69 Å². The SMILES string of the molecule is CC12CCC(=O)N1C(C(=O)N(Cc1cccs1)c1ccc3c(c1)OCCO3)CS2. The number of nitrogens with zero attached hydrogens (tertiary/aromatic N) is 2. The number of carbonyl (C=O) groups is 2. The maximum atomic E-state index is 13.7. The van der Waals surface area contributed by atoms with Crippen molar-refractivity contribution in [2.45, 2.75) is 37.2 Å². The van der Waals surface area contributed by atoms with Gasteiger partial charge in [0.15, 0.2) is 11.5 Å². The molecule has 6 nitrogen and oxygen atoms in total. The second kappa shape index (κ2) is 7.25. The predicted molar refractivity (Wildman–Crippen MR) is 114 cm³/mol. The first-order chi connectivity index (χ1) is 14.0. The zero-order valence-corrected chi connectivity index (χ0v) is 17.8. The lowest BCUT2D eigenvalue weighted by atomic mass is 10.1. The number of hydrogen-bond acceptors (Lipinski definition) is 6. The van der Waals surface area contributed by atoms with Crippen molar-refractivity contribution in [3.8, 4) is 11.5 Å². The average molecular weight is 431 g/mol. The van der Waals surface area contributed by atoms with Crippen LogP contribution in [0, 0.1) is 0 Å². The van der Waals surface area contributed by atoms with Crippen LogP contribution in [0.1, 0.15) is 24.6 Å². The number of anilines is 1. The van der Waals surface area contributed by atoms with Gasteiger partial charge in [-0.3, -0.25) is 9.59 Å². The molecule has 0 bridgehead atoms. The lowest BCUT2D eigenvalue weighted by Crippen LogP contribution is -2.51. The summed E-state index contributed by atoms with van der Waals surface area (Å²) in [6.45, 7) is 3.56. The number of fused-ring (bicyclic) bond motifs is 2. The molecule has 8 heteroatoms. The predicted octanol–water partition coefficient (Wildman–Crippen LogP) is 3.51. The van der Waals surface area contributed by atoms with Crippen molar-refractivity contribution in [1.82, 2.24) is 4.90 Å². The molecule has 0 radical (unpaired) electrons. The first kappa shape index (κ1) is 18.8. The number of benzene rings is 1. The molecule has 2 saturated heterocycles. The summed E-state index contributed by atoms with van der Waals surface area (Å²) in [5, 5.41) is 2.01. The lowest BCUT2D eigenvalue weighted by Gasteiger charge is -2.33. The van der Waals surface area contributed by atoms with Gasteiger partial charge in [0.05, 0.1) is 11.4 Å². The van der Waals surface area contributed by atoms with E-state index in [0.717, 1.165) is 17.0 Å². The van der Waals surface area contributed by atoms with Gasteiger partial charge in [-0.25, -0.2) is 0 Å². The van der Waals surface area contributed by atoms with Crippen LogP contribution in [-0.4, -0.2) is 46.6 Å². The second-order valence-corrected chi connectivity index (χ2v) is 10.1. The van der Waals surface area contributed by atoms with Crippen molar-refractivity contribution >= 4 is 40.6 Å². The number of thiophene rings is 1.